The number of aromatic nitrogens is 1. The summed E-state index contributed by atoms with van der Waals surface area (Å²) in [5.41, 5.74) is 4.75. The lowest BCUT2D eigenvalue weighted by Gasteiger charge is -2.53. The first-order valence-corrected chi connectivity index (χ1v) is 9.12. The maximum atomic E-state index is 12.6. The van der Waals surface area contributed by atoms with E-state index in [1.807, 2.05) is 0 Å². The SMILES string of the molecule is CON=C(C(=O)NC1C(=O)N2CC(C)(C(=O)O)CS[C@H]12)c1cccc(N)n1.Cl. The Morgan fingerprint density at radius 3 is 2.82 bits per heavy atom. The number of carbonyl (C=O) groups is 3. The van der Waals surface area contributed by atoms with Gasteiger partial charge in [0.25, 0.3) is 5.91 Å². The zero-order valence-corrected chi connectivity index (χ0v) is 16.7. The molecule has 0 bridgehead atoms. The first-order valence-electron chi connectivity index (χ1n) is 8.07. The highest BCUT2D eigenvalue weighted by atomic mass is 35.5. The Morgan fingerprint density at radius 1 is 1.50 bits per heavy atom. The minimum atomic E-state index is -1.00. The Kier molecular flexibility index (Phi) is 6.40. The molecule has 1 aromatic heterocycles. The highest BCUT2D eigenvalue weighted by Gasteiger charge is 2.56. The van der Waals surface area contributed by atoms with Gasteiger partial charge in [0, 0.05) is 12.3 Å². The normalized spacial score (nSPS) is 26.4. The standard InChI is InChI=1S/C16H19N5O5S.ClH/c1-16(15(24)25)6-21-13(23)11(14(21)27-7-16)19-12(22)10(20-26-2)8-4-3-5-9(17)18-8;/h3-5,11,14H,6-7H2,1-2H3,(H2,17,18)(H,19,22)(H,24,25);1H/t11?,14-,16?;/m1./s1. The number of carboxylic acid groups (broad SMARTS) is 1. The fraction of sp³-hybridized carbons (Fsp3) is 0.438. The molecule has 0 spiro atoms. The molecule has 0 aliphatic carbocycles. The van der Waals surface area contributed by atoms with E-state index in [-0.39, 0.29) is 47.5 Å². The number of nitrogens with zero attached hydrogens (tertiary/aromatic N) is 3. The molecule has 2 fully saturated rings. The number of carbonyl (C=O) groups excluding carboxylic acids is 2. The van der Waals surface area contributed by atoms with Crippen LogP contribution < -0.4 is 11.1 Å². The van der Waals surface area contributed by atoms with Gasteiger partial charge in [0.05, 0.1) is 5.41 Å². The van der Waals surface area contributed by atoms with Crippen LogP contribution in [-0.2, 0) is 19.2 Å². The Balaban J connectivity index is 0.00000280. The van der Waals surface area contributed by atoms with E-state index in [0.29, 0.717) is 5.75 Å². The molecule has 2 aliphatic rings. The van der Waals surface area contributed by atoms with E-state index in [1.54, 1.807) is 25.1 Å². The summed E-state index contributed by atoms with van der Waals surface area (Å²) in [4.78, 5) is 46.7. The number of hydrogen-bond donors (Lipinski definition) is 3. The van der Waals surface area contributed by atoms with E-state index in [4.69, 9.17) is 10.6 Å². The number of anilines is 1. The molecule has 10 nitrogen and oxygen atoms in total. The number of fused-ring (bicyclic) bond motifs is 1. The van der Waals surface area contributed by atoms with Crippen molar-refractivity contribution in [2.24, 2.45) is 10.6 Å². The number of carboxylic acids is 1. The number of β-lactam (4-membered cyclic amide) rings is 1. The predicted octanol–water partition coefficient (Wildman–Crippen LogP) is -0.0731. The number of nitrogens with one attached hydrogen (secondary N) is 1. The number of oxime groups is 1. The topological polar surface area (TPSA) is 147 Å². The van der Waals surface area contributed by atoms with Crippen molar-refractivity contribution in [3.05, 3.63) is 23.9 Å². The van der Waals surface area contributed by atoms with E-state index >= 15 is 0 Å². The van der Waals surface area contributed by atoms with E-state index in [9.17, 15) is 19.5 Å². The van der Waals surface area contributed by atoms with Crippen LogP contribution in [0, 0.1) is 5.41 Å². The smallest absolute Gasteiger partial charge is 0.312 e. The van der Waals surface area contributed by atoms with Crippen molar-refractivity contribution in [2.45, 2.75) is 18.3 Å². The summed E-state index contributed by atoms with van der Waals surface area (Å²) < 4.78 is 0. The fourth-order valence-electron chi connectivity index (χ4n) is 2.92. The second-order valence-electron chi connectivity index (χ2n) is 6.55. The summed E-state index contributed by atoms with van der Waals surface area (Å²) in [6.07, 6.45) is 0. The third-order valence-electron chi connectivity index (χ3n) is 4.45. The summed E-state index contributed by atoms with van der Waals surface area (Å²) >= 11 is 1.33. The molecule has 2 amide bonds. The highest BCUT2D eigenvalue weighted by molar-refractivity contribution is 8.00. The van der Waals surface area contributed by atoms with Crippen molar-refractivity contribution in [2.75, 3.05) is 25.1 Å². The van der Waals surface area contributed by atoms with Gasteiger partial charge in [0.1, 0.15) is 30.0 Å². The lowest BCUT2D eigenvalue weighted by molar-refractivity contribution is -0.157. The summed E-state index contributed by atoms with van der Waals surface area (Å²) in [6, 6.07) is 3.98. The van der Waals surface area contributed by atoms with Crippen molar-refractivity contribution in [1.29, 1.82) is 0 Å². The molecule has 2 unspecified atom stereocenters. The van der Waals surface area contributed by atoms with E-state index in [2.05, 4.69) is 15.5 Å². The molecule has 3 heterocycles. The van der Waals surface area contributed by atoms with E-state index < -0.39 is 23.3 Å². The number of pyridine rings is 1. The quantitative estimate of drug-likeness (QED) is 0.334. The Labute approximate surface area is 171 Å². The first-order chi connectivity index (χ1) is 12.8. The van der Waals surface area contributed by atoms with Gasteiger partial charge >= 0.3 is 5.97 Å². The number of amides is 2. The Morgan fingerprint density at radius 2 is 2.21 bits per heavy atom. The summed E-state index contributed by atoms with van der Waals surface area (Å²) in [5, 5.41) is 15.4. The summed E-state index contributed by atoms with van der Waals surface area (Å²) in [7, 11) is 1.29. The third-order valence-corrected chi connectivity index (χ3v) is 6.12. The molecule has 152 valence electrons. The van der Waals surface area contributed by atoms with Gasteiger partial charge in [-0.25, -0.2) is 4.98 Å². The van der Waals surface area contributed by atoms with Crippen LogP contribution in [0.3, 0.4) is 0 Å². The van der Waals surface area contributed by atoms with Crippen LogP contribution in [0.5, 0.6) is 0 Å². The van der Waals surface area contributed by atoms with Gasteiger partial charge in [-0.1, -0.05) is 11.2 Å². The van der Waals surface area contributed by atoms with Crippen molar-refractivity contribution in [1.82, 2.24) is 15.2 Å². The monoisotopic (exact) mass is 429 g/mol. The third kappa shape index (κ3) is 3.85. The number of hydrogen-bond acceptors (Lipinski definition) is 8. The van der Waals surface area contributed by atoms with Gasteiger partial charge < -0.3 is 25.9 Å². The number of nitrogen functional groups attached to an aromatic ring is 1. The number of thioether (sulfide) groups is 1. The molecule has 2 saturated heterocycles. The average Bonchev–Trinajstić information content (AvgIpc) is 2.64. The summed E-state index contributed by atoms with van der Waals surface area (Å²) in [6.45, 7) is 1.72. The van der Waals surface area contributed by atoms with Crippen molar-refractivity contribution in [3.8, 4) is 0 Å². The molecule has 0 radical (unpaired) electrons. The highest BCUT2D eigenvalue weighted by Crippen LogP contribution is 2.41. The maximum absolute atomic E-state index is 12.6. The van der Waals surface area contributed by atoms with Crippen LogP contribution in [-0.4, -0.2) is 69.3 Å². The number of aliphatic carboxylic acids is 1. The lowest BCUT2D eigenvalue weighted by Crippen LogP contribution is -2.73. The molecule has 12 heteroatoms. The second-order valence-corrected chi connectivity index (χ2v) is 7.66. The van der Waals surface area contributed by atoms with E-state index in [1.165, 1.54) is 23.8 Å². The van der Waals surface area contributed by atoms with Gasteiger partial charge in [-0.2, -0.15) is 0 Å². The number of rotatable bonds is 5. The largest absolute Gasteiger partial charge is 0.481 e. The Bertz CT molecular complexity index is 837. The van der Waals surface area contributed by atoms with Gasteiger partial charge in [-0.05, 0) is 19.1 Å². The molecule has 2 aliphatic heterocycles. The van der Waals surface area contributed by atoms with Crippen molar-refractivity contribution >= 4 is 53.5 Å². The summed E-state index contributed by atoms with van der Waals surface area (Å²) in [5.74, 6) is -1.34. The van der Waals surface area contributed by atoms with Gasteiger partial charge in [-0.15, -0.1) is 24.2 Å². The molecule has 0 aromatic carbocycles. The maximum Gasteiger partial charge on any atom is 0.312 e. The minimum absolute atomic E-state index is 0. The van der Waals surface area contributed by atoms with Crippen LogP contribution in [0.2, 0.25) is 0 Å². The molecular weight excluding hydrogens is 410 g/mol. The number of halogens is 1. The minimum Gasteiger partial charge on any atom is -0.481 e. The molecule has 3 atom stereocenters. The fourth-order valence-corrected chi connectivity index (χ4v) is 4.41. The Hall–Kier alpha value is -2.53. The zero-order chi connectivity index (χ0) is 19.8. The number of nitrogens with two attached hydrogens (primary N) is 1. The van der Waals surface area contributed by atoms with Crippen LogP contribution in [0.25, 0.3) is 0 Å². The van der Waals surface area contributed by atoms with Crippen LogP contribution in [0.15, 0.2) is 23.4 Å². The zero-order valence-electron chi connectivity index (χ0n) is 15.1. The molecule has 4 N–H and O–H groups in total. The van der Waals surface area contributed by atoms with Gasteiger partial charge in [-0.3, -0.25) is 14.4 Å². The molecule has 0 saturated carbocycles. The van der Waals surface area contributed by atoms with Crippen LogP contribution in [0.4, 0.5) is 5.82 Å². The molecule has 3 rings (SSSR count). The van der Waals surface area contributed by atoms with Gasteiger partial charge in [0.2, 0.25) is 5.91 Å². The van der Waals surface area contributed by atoms with Crippen LogP contribution in [0.1, 0.15) is 12.6 Å². The average molecular weight is 430 g/mol. The molecule has 28 heavy (non-hydrogen) atoms. The molecule has 1 aromatic rings. The molecular formula is C16H20ClN5O5S. The predicted molar refractivity (Wildman–Crippen MR) is 105 cm³/mol. The van der Waals surface area contributed by atoms with E-state index in [0.717, 1.165) is 0 Å². The van der Waals surface area contributed by atoms with Crippen LogP contribution >= 0.6 is 24.2 Å². The van der Waals surface area contributed by atoms with Crippen molar-refractivity contribution < 1.29 is 24.3 Å². The van der Waals surface area contributed by atoms with Gasteiger partial charge in [0.15, 0.2) is 5.71 Å². The van der Waals surface area contributed by atoms with Crippen molar-refractivity contribution in [3.63, 3.8) is 0 Å². The second kappa shape index (κ2) is 8.23. The lowest BCUT2D eigenvalue weighted by atomic mass is 9.89. The first kappa shape index (κ1) is 21.8.